The van der Waals surface area contributed by atoms with Gasteiger partial charge in [-0.25, -0.2) is 13.8 Å². The number of rotatable bonds is 7. The predicted molar refractivity (Wildman–Crippen MR) is 144 cm³/mol. The molecule has 0 amide bonds. The number of aryl methyl sites for hydroxylation is 2. The minimum absolute atomic E-state index is 0.0618. The van der Waals surface area contributed by atoms with Crippen molar-refractivity contribution in [2.45, 2.75) is 36.2 Å². The molecule has 1 heterocycles. The molecule has 10 heteroatoms. The zero-order valence-corrected chi connectivity index (χ0v) is 21.9. The van der Waals surface area contributed by atoms with Gasteiger partial charge < -0.3 is 0 Å². The van der Waals surface area contributed by atoms with Crippen LogP contribution < -0.4 is 10.3 Å². The maximum Gasteiger partial charge on any atom is 0.280 e. The van der Waals surface area contributed by atoms with Gasteiger partial charge in [-0.05, 0) is 48.9 Å². The number of sulfonamides is 2. The molecule has 190 valence electrons. The van der Waals surface area contributed by atoms with Crippen LogP contribution in [0.2, 0.25) is 0 Å². The first-order valence-electron chi connectivity index (χ1n) is 11.7. The average Bonchev–Trinajstić information content (AvgIpc) is 3.33. The summed E-state index contributed by atoms with van der Waals surface area (Å²) >= 11 is 0. The molecule has 0 aliphatic carbocycles. The third-order valence-electron chi connectivity index (χ3n) is 6.23. The van der Waals surface area contributed by atoms with Gasteiger partial charge in [0.05, 0.1) is 15.5 Å². The number of benzene rings is 4. The van der Waals surface area contributed by atoms with Crippen molar-refractivity contribution in [2.24, 2.45) is 5.10 Å². The maximum absolute atomic E-state index is 13.6. The van der Waals surface area contributed by atoms with Gasteiger partial charge in [0, 0.05) is 12.0 Å². The fraction of sp³-hybridized carbons (Fsp3) is 0.148. The third-order valence-corrected chi connectivity index (χ3v) is 9.21. The SMILES string of the molecule is Cc1ccc(S(=O)(=O)NNC2CC(c3cccc4ccccc34)=NN2S(=O)(=O)c2ccc(C)cc2)cc1. The van der Waals surface area contributed by atoms with E-state index < -0.39 is 26.2 Å². The van der Waals surface area contributed by atoms with Crippen molar-refractivity contribution in [3.05, 3.63) is 108 Å². The quantitative estimate of drug-likeness (QED) is 0.348. The molecule has 0 saturated heterocycles. The van der Waals surface area contributed by atoms with E-state index in [9.17, 15) is 16.8 Å². The first-order valence-corrected chi connectivity index (χ1v) is 14.6. The molecule has 8 nitrogen and oxygen atoms in total. The zero-order chi connectivity index (χ0) is 26.2. The molecule has 5 rings (SSSR count). The Morgan fingerprint density at radius 1 is 0.757 bits per heavy atom. The summed E-state index contributed by atoms with van der Waals surface area (Å²) in [5.74, 6) is 0. The van der Waals surface area contributed by atoms with Crippen molar-refractivity contribution in [3.8, 4) is 0 Å². The van der Waals surface area contributed by atoms with E-state index in [1.54, 1.807) is 24.3 Å². The number of nitrogens with one attached hydrogen (secondary N) is 2. The first kappa shape index (κ1) is 25.1. The summed E-state index contributed by atoms with van der Waals surface area (Å²) in [6, 6.07) is 26.3. The molecule has 4 aromatic rings. The van der Waals surface area contributed by atoms with Crippen molar-refractivity contribution in [1.82, 2.24) is 14.7 Å². The maximum atomic E-state index is 13.6. The van der Waals surface area contributed by atoms with Gasteiger partial charge in [0.1, 0.15) is 6.17 Å². The molecule has 37 heavy (non-hydrogen) atoms. The highest BCUT2D eigenvalue weighted by Gasteiger charge is 2.37. The number of hydrogen-bond donors (Lipinski definition) is 2. The van der Waals surface area contributed by atoms with Crippen LogP contribution in [0.25, 0.3) is 10.8 Å². The van der Waals surface area contributed by atoms with E-state index in [1.807, 2.05) is 56.3 Å². The fourth-order valence-corrected chi connectivity index (χ4v) is 6.47. The van der Waals surface area contributed by atoms with Crippen LogP contribution in [-0.4, -0.2) is 33.1 Å². The Morgan fingerprint density at radius 3 is 2.03 bits per heavy atom. The van der Waals surface area contributed by atoms with Gasteiger partial charge in [0.15, 0.2) is 0 Å². The molecule has 2 N–H and O–H groups in total. The molecule has 0 bridgehead atoms. The number of hydrazine groups is 1. The predicted octanol–water partition coefficient (Wildman–Crippen LogP) is 4.06. The van der Waals surface area contributed by atoms with E-state index in [1.165, 1.54) is 24.3 Å². The van der Waals surface area contributed by atoms with Gasteiger partial charge in [0.25, 0.3) is 20.0 Å². The van der Waals surface area contributed by atoms with E-state index in [0.717, 1.165) is 31.9 Å². The van der Waals surface area contributed by atoms with E-state index in [-0.39, 0.29) is 16.2 Å². The number of hydrogen-bond acceptors (Lipinski definition) is 6. The van der Waals surface area contributed by atoms with E-state index in [2.05, 4.69) is 15.4 Å². The van der Waals surface area contributed by atoms with Gasteiger partial charge >= 0.3 is 0 Å². The summed E-state index contributed by atoms with van der Waals surface area (Å²) in [5, 5.41) is 6.43. The van der Waals surface area contributed by atoms with Crippen molar-refractivity contribution in [1.29, 1.82) is 0 Å². The molecule has 0 fully saturated rings. The standard InChI is InChI=1S/C27H26N4O4S2/c1-19-10-14-22(15-11-19)36(32,33)30-28-27-18-26(25-9-5-7-21-6-3-4-8-24(21)25)29-31(27)37(34,35)23-16-12-20(2)13-17-23/h3-17,27-28,30H,18H2,1-2H3. The molecular weight excluding hydrogens is 508 g/mol. The van der Waals surface area contributed by atoms with Crippen LogP contribution in [0.4, 0.5) is 0 Å². The topological polar surface area (TPSA) is 108 Å². The van der Waals surface area contributed by atoms with Crippen molar-refractivity contribution < 1.29 is 16.8 Å². The molecule has 1 aliphatic heterocycles. The number of hydrazone groups is 1. The molecule has 0 spiro atoms. The Labute approximate surface area is 216 Å². The first-order chi connectivity index (χ1) is 17.6. The van der Waals surface area contributed by atoms with Gasteiger partial charge in [-0.3, -0.25) is 0 Å². The second-order valence-electron chi connectivity index (χ2n) is 8.95. The summed E-state index contributed by atoms with van der Waals surface area (Å²) in [7, 11) is -8.04. The monoisotopic (exact) mass is 534 g/mol. The Bertz CT molecular complexity index is 1690. The van der Waals surface area contributed by atoms with Crippen molar-refractivity contribution in [2.75, 3.05) is 0 Å². The molecule has 0 aromatic heterocycles. The lowest BCUT2D eigenvalue weighted by Crippen LogP contribution is -2.51. The lowest BCUT2D eigenvalue weighted by atomic mass is 9.99. The minimum Gasteiger partial charge on any atom is -0.219 e. The molecule has 0 saturated carbocycles. The second kappa shape index (κ2) is 9.71. The van der Waals surface area contributed by atoms with Crippen LogP contribution in [0.5, 0.6) is 0 Å². The fourth-order valence-electron chi connectivity index (χ4n) is 4.20. The highest BCUT2D eigenvalue weighted by Crippen LogP contribution is 2.29. The van der Waals surface area contributed by atoms with Gasteiger partial charge in [-0.1, -0.05) is 77.9 Å². The Balaban J connectivity index is 1.51. The molecule has 4 aromatic carbocycles. The number of nitrogens with zero attached hydrogens (tertiary/aromatic N) is 2. The summed E-state index contributed by atoms with van der Waals surface area (Å²) in [4.78, 5) is 2.48. The lowest BCUT2D eigenvalue weighted by molar-refractivity contribution is 0.301. The van der Waals surface area contributed by atoms with Gasteiger partial charge in [0.2, 0.25) is 0 Å². The minimum atomic E-state index is -4.09. The highest BCUT2D eigenvalue weighted by molar-refractivity contribution is 7.89. The van der Waals surface area contributed by atoms with Crippen LogP contribution in [0.1, 0.15) is 23.1 Å². The average molecular weight is 535 g/mol. The molecule has 0 radical (unpaired) electrons. The molecule has 1 unspecified atom stereocenters. The van der Waals surface area contributed by atoms with Crippen LogP contribution in [0, 0.1) is 13.8 Å². The summed E-state index contributed by atoms with van der Waals surface area (Å²) in [5.41, 5.74) is 5.87. The van der Waals surface area contributed by atoms with Crippen LogP contribution in [0.15, 0.2) is 106 Å². The normalized spacial score (nSPS) is 16.2. The third kappa shape index (κ3) is 5.01. The molecular formula is C27H26N4O4S2. The zero-order valence-electron chi connectivity index (χ0n) is 20.3. The van der Waals surface area contributed by atoms with Gasteiger partial charge in [-0.2, -0.15) is 17.9 Å². The van der Waals surface area contributed by atoms with E-state index >= 15 is 0 Å². The smallest absolute Gasteiger partial charge is 0.219 e. The van der Waals surface area contributed by atoms with Gasteiger partial charge in [-0.15, -0.1) is 4.83 Å². The number of fused-ring (bicyclic) bond motifs is 1. The van der Waals surface area contributed by atoms with Crippen molar-refractivity contribution >= 4 is 36.5 Å². The lowest BCUT2D eigenvalue weighted by Gasteiger charge is -2.24. The highest BCUT2D eigenvalue weighted by atomic mass is 32.2. The summed E-state index contributed by atoms with van der Waals surface area (Å²) in [6.07, 6.45) is -0.837. The second-order valence-corrected chi connectivity index (χ2v) is 12.4. The molecule has 1 aliphatic rings. The summed E-state index contributed by atoms with van der Waals surface area (Å²) in [6.45, 7) is 3.73. The Morgan fingerprint density at radius 2 is 1.35 bits per heavy atom. The van der Waals surface area contributed by atoms with Crippen LogP contribution in [-0.2, 0) is 20.0 Å². The van der Waals surface area contributed by atoms with Crippen molar-refractivity contribution in [3.63, 3.8) is 0 Å². The van der Waals surface area contributed by atoms with E-state index in [0.29, 0.717) is 5.71 Å². The summed E-state index contributed by atoms with van der Waals surface area (Å²) < 4.78 is 54.0. The van der Waals surface area contributed by atoms with Crippen LogP contribution >= 0.6 is 0 Å². The Hall–Kier alpha value is -3.57. The largest absolute Gasteiger partial charge is 0.280 e. The molecule has 1 atom stereocenters. The van der Waals surface area contributed by atoms with E-state index in [4.69, 9.17) is 0 Å². The Kier molecular flexibility index (Phi) is 6.59. The van der Waals surface area contributed by atoms with Crippen LogP contribution in [0.3, 0.4) is 0 Å².